The maximum absolute atomic E-state index is 10.6. The fraction of sp³-hybridized carbons (Fsp3) is 1.00. The summed E-state index contributed by atoms with van der Waals surface area (Å²) in [7, 11) is -4.23. The Balaban J connectivity index is 2.57. The van der Waals surface area contributed by atoms with Crippen LogP contribution in [0.25, 0.3) is 0 Å². The highest BCUT2D eigenvalue weighted by Gasteiger charge is 2.43. The summed E-state index contributed by atoms with van der Waals surface area (Å²) in [4.78, 5) is 17.2. The van der Waals surface area contributed by atoms with Gasteiger partial charge in [-0.05, 0) is 6.42 Å². The van der Waals surface area contributed by atoms with Gasteiger partial charge >= 0.3 is 7.60 Å². The van der Waals surface area contributed by atoms with E-state index >= 15 is 0 Å². The molecule has 1 heterocycles. The minimum atomic E-state index is -4.23. The predicted molar refractivity (Wildman–Crippen MR) is 50.4 cm³/mol. The van der Waals surface area contributed by atoms with Crippen molar-refractivity contribution >= 4 is 7.60 Å². The van der Waals surface area contributed by atoms with Crippen LogP contribution >= 0.6 is 7.60 Å². The summed E-state index contributed by atoms with van der Waals surface area (Å²) in [5.41, 5.74) is 0. The van der Waals surface area contributed by atoms with Gasteiger partial charge in [0.15, 0.2) is 6.29 Å². The topological polar surface area (TPSA) is 148 Å². The Labute approximate surface area is 91.3 Å². The third kappa shape index (κ3) is 3.47. The molecule has 1 aliphatic heterocycles. The first-order valence-electron chi connectivity index (χ1n) is 4.64. The molecule has 0 saturated carbocycles. The van der Waals surface area contributed by atoms with Crippen molar-refractivity contribution in [3.05, 3.63) is 0 Å². The summed E-state index contributed by atoms with van der Waals surface area (Å²) in [5, 5.41) is 37.0. The van der Waals surface area contributed by atoms with Crippen LogP contribution in [-0.2, 0) is 9.30 Å². The highest BCUT2D eigenvalue weighted by atomic mass is 31.2. The molecule has 6 N–H and O–H groups in total. The van der Waals surface area contributed by atoms with Crippen LogP contribution in [0.3, 0.4) is 0 Å². The molecule has 0 spiro atoms. The van der Waals surface area contributed by atoms with Crippen molar-refractivity contribution in [2.24, 2.45) is 0 Å². The van der Waals surface area contributed by atoms with Crippen LogP contribution in [0.2, 0.25) is 0 Å². The van der Waals surface area contributed by atoms with Gasteiger partial charge in [0.05, 0.1) is 12.3 Å². The maximum Gasteiger partial charge on any atom is 0.325 e. The molecule has 0 aromatic carbocycles. The molecule has 9 heteroatoms. The predicted octanol–water partition coefficient (Wildman–Crippen LogP) is -2.65. The fourth-order valence-corrected chi connectivity index (χ4v) is 2.06. The minimum absolute atomic E-state index is 0.230. The first-order valence-corrected chi connectivity index (χ1v) is 6.44. The third-order valence-corrected chi connectivity index (χ3v) is 3.23. The maximum atomic E-state index is 10.6. The molecule has 5 atom stereocenters. The lowest BCUT2D eigenvalue weighted by atomic mass is 9.97. The molecule has 0 unspecified atom stereocenters. The van der Waals surface area contributed by atoms with E-state index in [1.54, 1.807) is 0 Å². The van der Waals surface area contributed by atoms with Gasteiger partial charge < -0.3 is 34.9 Å². The molecule has 1 rings (SSSR count). The molecule has 16 heavy (non-hydrogen) atoms. The first kappa shape index (κ1) is 14.0. The summed E-state index contributed by atoms with van der Waals surface area (Å²) in [5.74, 6) is 0. The number of aliphatic hydroxyl groups excluding tert-OH is 4. The van der Waals surface area contributed by atoms with E-state index in [9.17, 15) is 14.8 Å². The Morgan fingerprint density at radius 2 is 1.56 bits per heavy atom. The highest BCUT2D eigenvalue weighted by Crippen LogP contribution is 2.36. The summed E-state index contributed by atoms with van der Waals surface area (Å²) >= 11 is 0. The monoisotopic (exact) mass is 258 g/mol. The fourth-order valence-electron chi connectivity index (χ4n) is 1.46. The Morgan fingerprint density at radius 3 is 2.06 bits per heavy atom. The van der Waals surface area contributed by atoms with E-state index in [1.807, 2.05) is 0 Å². The molecule has 0 aliphatic carbocycles. The Kier molecular flexibility index (Phi) is 4.44. The van der Waals surface area contributed by atoms with Gasteiger partial charge in [0.25, 0.3) is 0 Å². The smallest absolute Gasteiger partial charge is 0.325 e. The van der Waals surface area contributed by atoms with Gasteiger partial charge in [0.1, 0.15) is 18.3 Å². The van der Waals surface area contributed by atoms with Crippen LogP contribution in [0.15, 0.2) is 0 Å². The van der Waals surface area contributed by atoms with E-state index < -0.39 is 44.5 Å². The van der Waals surface area contributed by atoms with Crippen molar-refractivity contribution in [1.82, 2.24) is 0 Å². The van der Waals surface area contributed by atoms with Gasteiger partial charge in [0.2, 0.25) is 0 Å². The van der Waals surface area contributed by atoms with E-state index in [-0.39, 0.29) is 6.42 Å². The molecule has 1 fully saturated rings. The van der Waals surface area contributed by atoms with Crippen molar-refractivity contribution in [3.8, 4) is 0 Å². The van der Waals surface area contributed by atoms with Crippen LogP contribution in [0, 0.1) is 0 Å². The van der Waals surface area contributed by atoms with Crippen molar-refractivity contribution in [2.45, 2.75) is 37.1 Å². The molecule has 0 amide bonds. The lowest BCUT2D eigenvalue weighted by Gasteiger charge is -2.38. The van der Waals surface area contributed by atoms with Crippen LogP contribution in [-0.4, -0.2) is 67.1 Å². The standard InChI is InChI=1S/C7H15O8P/c8-4-3(1-2-16(12,13)14)15-7(11)6(10)5(4)9/h3-11H,1-2H2,(H2,12,13,14)/t3-,4-,5+,6-,7+/m1/s1. The highest BCUT2D eigenvalue weighted by molar-refractivity contribution is 7.51. The van der Waals surface area contributed by atoms with Crippen molar-refractivity contribution in [3.63, 3.8) is 0 Å². The lowest BCUT2D eigenvalue weighted by molar-refractivity contribution is -0.281. The number of rotatable bonds is 3. The first-order chi connectivity index (χ1) is 7.22. The van der Waals surface area contributed by atoms with E-state index in [0.717, 1.165) is 0 Å². The molecule has 0 aromatic heterocycles. The zero-order valence-electron chi connectivity index (χ0n) is 8.25. The Bertz CT molecular complexity index is 278. The average Bonchev–Trinajstić information content (AvgIpc) is 2.17. The third-order valence-electron chi connectivity index (χ3n) is 2.39. The number of aliphatic hydroxyl groups is 4. The molecular weight excluding hydrogens is 243 g/mol. The van der Waals surface area contributed by atoms with E-state index in [0.29, 0.717) is 0 Å². The minimum Gasteiger partial charge on any atom is -0.388 e. The molecule has 96 valence electrons. The normalized spacial score (nSPS) is 41.0. The second-order valence-electron chi connectivity index (χ2n) is 3.71. The molecule has 0 aromatic rings. The van der Waals surface area contributed by atoms with E-state index in [2.05, 4.69) is 0 Å². The molecule has 0 radical (unpaired) electrons. The molecule has 8 nitrogen and oxygen atoms in total. The Hall–Kier alpha value is -0.0500. The zero-order chi connectivity index (χ0) is 12.5. The zero-order valence-corrected chi connectivity index (χ0v) is 9.14. The van der Waals surface area contributed by atoms with E-state index in [4.69, 9.17) is 24.7 Å². The van der Waals surface area contributed by atoms with Crippen molar-refractivity contribution in [2.75, 3.05) is 6.16 Å². The van der Waals surface area contributed by atoms with Crippen molar-refractivity contribution in [1.29, 1.82) is 0 Å². The second-order valence-corrected chi connectivity index (χ2v) is 5.49. The van der Waals surface area contributed by atoms with Crippen LogP contribution in [0.1, 0.15) is 6.42 Å². The lowest BCUT2D eigenvalue weighted by Crippen LogP contribution is -2.57. The number of hydrogen-bond donors (Lipinski definition) is 6. The van der Waals surface area contributed by atoms with Crippen LogP contribution < -0.4 is 0 Å². The van der Waals surface area contributed by atoms with Crippen LogP contribution in [0.4, 0.5) is 0 Å². The van der Waals surface area contributed by atoms with Gasteiger partial charge in [-0.2, -0.15) is 0 Å². The van der Waals surface area contributed by atoms with Gasteiger partial charge in [-0.25, -0.2) is 0 Å². The van der Waals surface area contributed by atoms with Gasteiger partial charge in [-0.15, -0.1) is 0 Å². The number of hydrogen-bond acceptors (Lipinski definition) is 6. The molecule has 1 aliphatic rings. The summed E-state index contributed by atoms with van der Waals surface area (Å²) in [6.07, 6.45) is -8.31. The summed E-state index contributed by atoms with van der Waals surface area (Å²) < 4.78 is 15.3. The Morgan fingerprint density at radius 1 is 1.00 bits per heavy atom. The average molecular weight is 258 g/mol. The molecule has 0 bridgehead atoms. The van der Waals surface area contributed by atoms with Gasteiger partial charge in [0, 0.05) is 0 Å². The SMILES string of the molecule is O=P(O)(O)CC[C@H]1O[C@H](O)[C@H](O)[C@@H](O)[C@@H]1O. The van der Waals surface area contributed by atoms with Gasteiger partial charge in [-0.3, -0.25) is 4.57 Å². The summed E-state index contributed by atoms with van der Waals surface area (Å²) in [6, 6.07) is 0. The quantitative estimate of drug-likeness (QED) is 0.301. The van der Waals surface area contributed by atoms with Crippen molar-refractivity contribution < 1.29 is 39.5 Å². The van der Waals surface area contributed by atoms with E-state index in [1.165, 1.54) is 0 Å². The molecular formula is C7H15O8P. The number of ether oxygens (including phenoxy) is 1. The molecule has 1 saturated heterocycles. The second kappa shape index (κ2) is 5.07. The summed E-state index contributed by atoms with van der Waals surface area (Å²) in [6.45, 7) is 0. The van der Waals surface area contributed by atoms with Crippen LogP contribution in [0.5, 0.6) is 0 Å². The largest absolute Gasteiger partial charge is 0.388 e. The van der Waals surface area contributed by atoms with Gasteiger partial charge in [-0.1, -0.05) is 0 Å².